The van der Waals surface area contributed by atoms with Gasteiger partial charge in [-0.2, -0.15) is 0 Å². The smallest absolute Gasteiger partial charge is 0.164 e. The molecule has 0 amide bonds. The highest BCUT2D eigenvalue weighted by Crippen LogP contribution is 2.28. The molecule has 0 atom stereocenters. The van der Waals surface area contributed by atoms with Gasteiger partial charge in [-0.15, -0.1) is 0 Å². The lowest BCUT2D eigenvalue weighted by molar-refractivity contribution is 1.07. The van der Waals surface area contributed by atoms with E-state index in [1.54, 1.807) is 12.4 Å². The van der Waals surface area contributed by atoms with Crippen LogP contribution in [0.4, 0.5) is 0 Å². The first-order chi connectivity index (χ1) is 17.8. The van der Waals surface area contributed by atoms with Gasteiger partial charge in [0.2, 0.25) is 0 Å². The van der Waals surface area contributed by atoms with Gasteiger partial charge in [0.25, 0.3) is 0 Å². The summed E-state index contributed by atoms with van der Waals surface area (Å²) in [6.07, 6.45) is 7.27. The summed E-state index contributed by atoms with van der Waals surface area (Å²) in [5.74, 6) is 1.91. The molecule has 0 bridgehead atoms. The number of hydrogen-bond donors (Lipinski definition) is 0. The monoisotopic (exact) mass is 463 g/mol. The van der Waals surface area contributed by atoms with E-state index in [1.165, 1.54) is 0 Å². The minimum atomic E-state index is 0.632. The Hall–Kier alpha value is -5.03. The number of benzene rings is 3. The molecule has 170 valence electrons. The van der Waals surface area contributed by atoms with Crippen LogP contribution >= 0.6 is 0 Å². The number of nitrogens with zero attached hydrogens (tertiary/aromatic N) is 5. The van der Waals surface area contributed by atoms with Crippen LogP contribution in [0, 0.1) is 0 Å². The number of hydrogen-bond acceptors (Lipinski definition) is 5. The molecule has 6 rings (SSSR count). The predicted octanol–water partition coefficient (Wildman–Crippen LogP) is 7.00. The van der Waals surface area contributed by atoms with Crippen LogP contribution in [0.25, 0.3) is 56.4 Å². The minimum Gasteiger partial charge on any atom is -0.264 e. The van der Waals surface area contributed by atoms with Crippen LogP contribution < -0.4 is 0 Å². The molecule has 5 heteroatoms. The highest BCUT2D eigenvalue weighted by atomic mass is 15.0. The third-order valence-electron chi connectivity index (χ3n) is 5.94. The molecule has 0 aliphatic rings. The van der Waals surface area contributed by atoms with Crippen molar-refractivity contribution < 1.29 is 0 Å². The summed E-state index contributed by atoms with van der Waals surface area (Å²) in [4.78, 5) is 22.9. The van der Waals surface area contributed by atoms with Crippen molar-refractivity contribution in [3.05, 3.63) is 128 Å². The Morgan fingerprint density at radius 2 is 0.667 bits per heavy atom. The summed E-state index contributed by atoms with van der Waals surface area (Å²) in [6.45, 7) is 0. The van der Waals surface area contributed by atoms with Gasteiger partial charge in [0, 0.05) is 41.5 Å². The third kappa shape index (κ3) is 4.50. The Morgan fingerprint density at radius 3 is 1.06 bits per heavy atom. The molecule has 0 N–H and O–H groups in total. The Labute approximate surface area is 209 Å². The van der Waals surface area contributed by atoms with Crippen molar-refractivity contribution in [3.63, 3.8) is 0 Å². The molecule has 0 saturated carbocycles. The number of rotatable bonds is 5. The van der Waals surface area contributed by atoms with Crippen molar-refractivity contribution in [1.82, 2.24) is 24.9 Å². The van der Waals surface area contributed by atoms with Crippen molar-refractivity contribution >= 4 is 0 Å². The van der Waals surface area contributed by atoms with Crippen LogP contribution in [-0.4, -0.2) is 24.9 Å². The van der Waals surface area contributed by atoms with Gasteiger partial charge in [0.05, 0.1) is 0 Å². The van der Waals surface area contributed by atoms with Crippen molar-refractivity contribution in [2.45, 2.75) is 0 Å². The lowest BCUT2D eigenvalue weighted by Gasteiger charge is -2.09. The van der Waals surface area contributed by atoms with E-state index in [-0.39, 0.29) is 0 Å². The summed E-state index contributed by atoms with van der Waals surface area (Å²) in [6, 6.07) is 34.4. The summed E-state index contributed by atoms with van der Waals surface area (Å²) >= 11 is 0. The maximum atomic E-state index is 4.86. The molecule has 3 aromatic carbocycles. The molecule has 0 saturated heterocycles. The van der Waals surface area contributed by atoms with Gasteiger partial charge >= 0.3 is 0 Å². The van der Waals surface area contributed by atoms with E-state index >= 15 is 0 Å². The molecule has 0 fully saturated rings. The normalized spacial score (nSPS) is 10.8. The first kappa shape index (κ1) is 21.5. The molecule has 6 aromatic rings. The van der Waals surface area contributed by atoms with Crippen molar-refractivity contribution in [3.8, 4) is 56.4 Å². The van der Waals surface area contributed by atoms with Crippen LogP contribution in [0.2, 0.25) is 0 Å². The molecule has 3 aromatic heterocycles. The second kappa shape index (κ2) is 9.68. The van der Waals surface area contributed by atoms with Gasteiger partial charge in [-0.3, -0.25) is 9.97 Å². The highest BCUT2D eigenvalue weighted by molar-refractivity contribution is 5.71. The molecule has 5 nitrogen and oxygen atoms in total. The molecule has 36 heavy (non-hydrogen) atoms. The summed E-state index contributed by atoms with van der Waals surface area (Å²) in [5.41, 5.74) is 7.12. The number of pyridine rings is 2. The molecule has 0 spiro atoms. The zero-order valence-electron chi connectivity index (χ0n) is 19.4. The van der Waals surface area contributed by atoms with E-state index in [9.17, 15) is 0 Å². The first-order valence-corrected chi connectivity index (χ1v) is 11.7. The van der Waals surface area contributed by atoms with Crippen molar-refractivity contribution in [2.75, 3.05) is 0 Å². The van der Waals surface area contributed by atoms with E-state index in [4.69, 9.17) is 15.0 Å². The Balaban J connectivity index is 1.41. The first-order valence-electron chi connectivity index (χ1n) is 11.7. The SMILES string of the molecule is c1ccc(-c2nc(-c3ccc(-c4cccnc4)cc3)nc(-c3ccc(-c4cccnc4)cc3)n2)cc1. The molecule has 0 unspecified atom stereocenters. The second-order valence-corrected chi connectivity index (χ2v) is 8.31. The van der Waals surface area contributed by atoms with E-state index in [2.05, 4.69) is 34.2 Å². The average Bonchev–Trinajstić information content (AvgIpc) is 2.98. The molecule has 3 heterocycles. The topological polar surface area (TPSA) is 64.5 Å². The minimum absolute atomic E-state index is 0.632. The quantitative estimate of drug-likeness (QED) is 0.275. The number of aromatic nitrogens is 5. The summed E-state index contributed by atoms with van der Waals surface area (Å²) in [7, 11) is 0. The standard InChI is InChI=1S/C31H21N5/c1-2-6-24(7-3-1)29-34-30(25-14-10-22(11-15-25)27-8-4-18-32-20-27)36-31(35-29)26-16-12-23(13-17-26)28-9-5-19-33-21-28/h1-21H. The maximum absolute atomic E-state index is 4.86. The third-order valence-corrected chi connectivity index (χ3v) is 5.94. The molecule has 0 aliphatic heterocycles. The van der Waals surface area contributed by atoms with E-state index in [0.29, 0.717) is 17.5 Å². The van der Waals surface area contributed by atoms with Gasteiger partial charge in [-0.1, -0.05) is 91.0 Å². The zero-order valence-corrected chi connectivity index (χ0v) is 19.4. The Morgan fingerprint density at radius 1 is 0.306 bits per heavy atom. The largest absolute Gasteiger partial charge is 0.264 e. The molecular formula is C31H21N5. The fourth-order valence-corrected chi connectivity index (χ4v) is 4.04. The fraction of sp³-hybridized carbons (Fsp3) is 0. The van der Waals surface area contributed by atoms with E-state index in [0.717, 1.165) is 38.9 Å². The lowest BCUT2D eigenvalue weighted by atomic mass is 10.0. The fourth-order valence-electron chi connectivity index (χ4n) is 4.04. The maximum Gasteiger partial charge on any atom is 0.164 e. The van der Waals surface area contributed by atoms with Gasteiger partial charge in [-0.25, -0.2) is 15.0 Å². The summed E-state index contributed by atoms with van der Waals surface area (Å²) < 4.78 is 0. The average molecular weight is 464 g/mol. The van der Waals surface area contributed by atoms with Crippen LogP contribution in [0.15, 0.2) is 128 Å². The zero-order chi connectivity index (χ0) is 24.2. The van der Waals surface area contributed by atoms with E-state index in [1.807, 2.05) is 91.3 Å². The summed E-state index contributed by atoms with van der Waals surface area (Å²) in [5, 5.41) is 0. The van der Waals surface area contributed by atoms with Gasteiger partial charge in [-0.05, 0) is 34.4 Å². The van der Waals surface area contributed by atoms with Crippen molar-refractivity contribution in [2.24, 2.45) is 0 Å². The van der Waals surface area contributed by atoms with Gasteiger partial charge < -0.3 is 0 Å². The second-order valence-electron chi connectivity index (χ2n) is 8.31. The Bertz CT molecular complexity index is 1480. The highest BCUT2D eigenvalue weighted by Gasteiger charge is 2.12. The molecular weight excluding hydrogens is 442 g/mol. The van der Waals surface area contributed by atoms with Crippen LogP contribution in [0.5, 0.6) is 0 Å². The lowest BCUT2D eigenvalue weighted by Crippen LogP contribution is -2.00. The molecule has 0 radical (unpaired) electrons. The predicted molar refractivity (Wildman–Crippen MR) is 143 cm³/mol. The van der Waals surface area contributed by atoms with Gasteiger partial charge in [0.15, 0.2) is 17.5 Å². The van der Waals surface area contributed by atoms with Crippen LogP contribution in [0.3, 0.4) is 0 Å². The van der Waals surface area contributed by atoms with Crippen molar-refractivity contribution in [1.29, 1.82) is 0 Å². The van der Waals surface area contributed by atoms with Crippen LogP contribution in [-0.2, 0) is 0 Å². The molecule has 0 aliphatic carbocycles. The van der Waals surface area contributed by atoms with E-state index < -0.39 is 0 Å². The van der Waals surface area contributed by atoms with Crippen LogP contribution in [0.1, 0.15) is 0 Å². The Kier molecular flexibility index (Phi) is 5.78. The van der Waals surface area contributed by atoms with Gasteiger partial charge in [0.1, 0.15) is 0 Å².